The number of thiophene rings is 1. The van der Waals surface area contributed by atoms with Crippen molar-refractivity contribution in [3.05, 3.63) is 20.3 Å². The minimum absolute atomic E-state index is 0.533. The summed E-state index contributed by atoms with van der Waals surface area (Å²) in [7, 11) is 2.08. The molecular formula is C16H28BrNS. The molecule has 1 aromatic heterocycles. The normalized spacial score (nSPS) is 12.8. The van der Waals surface area contributed by atoms with E-state index in [1.54, 1.807) is 0 Å². The zero-order valence-electron chi connectivity index (χ0n) is 12.6. The summed E-state index contributed by atoms with van der Waals surface area (Å²) in [6.07, 6.45) is 11.0. The Morgan fingerprint density at radius 2 is 1.79 bits per heavy atom. The molecular weight excluding hydrogens is 318 g/mol. The van der Waals surface area contributed by atoms with E-state index in [0.717, 1.165) is 0 Å². The van der Waals surface area contributed by atoms with Gasteiger partial charge in [-0.05, 0) is 42.4 Å². The molecule has 0 aliphatic carbocycles. The number of rotatable bonds is 10. The molecule has 3 heteroatoms. The second kappa shape index (κ2) is 9.95. The molecule has 0 bridgehead atoms. The predicted octanol–water partition coefficient (Wildman–Crippen LogP) is 6.22. The predicted molar refractivity (Wildman–Crippen MR) is 91.2 cm³/mol. The Bertz CT molecular complexity index is 329. The zero-order valence-corrected chi connectivity index (χ0v) is 15.0. The summed E-state index contributed by atoms with van der Waals surface area (Å²) in [5.41, 5.74) is 0. The molecule has 0 aliphatic heterocycles. The van der Waals surface area contributed by atoms with Gasteiger partial charge in [0.15, 0.2) is 0 Å². The van der Waals surface area contributed by atoms with Gasteiger partial charge in [-0.1, -0.05) is 51.9 Å². The van der Waals surface area contributed by atoms with E-state index in [9.17, 15) is 0 Å². The van der Waals surface area contributed by atoms with Crippen molar-refractivity contribution < 1.29 is 0 Å². The summed E-state index contributed by atoms with van der Waals surface area (Å²) in [6.45, 7) is 4.46. The van der Waals surface area contributed by atoms with Gasteiger partial charge in [-0.25, -0.2) is 0 Å². The summed E-state index contributed by atoms with van der Waals surface area (Å²) >= 11 is 5.53. The molecule has 0 aromatic carbocycles. The highest BCUT2D eigenvalue weighted by molar-refractivity contribution is 9.10. The van der Waals surface area contributed by atoms with Crippen molar-refractivity contribution in [2.75, 3.05) is 7.05 Å². The lowest BCUT2D eigenvalue weighted by atomic mass is 10.0. The molecule has 0 saturated carbocycles. The van der Waals surface area contributed by atoms with Gasteiger partial charge >= 0.3 is 0 Å². The third kappa shape index (κ3) is 6.42. The average Bonchev–Trinajstić information content (AvgIpc) is 2.73. The van der Waals surface area contributed by atoms with Crippen LogP contribution >= 0.6 is 27.3 Å². The maximum Gasteiger partial charge on any atom is 0.0412 e. The molecule has 1 nitrogen and oxygen atoms in total. The summed E-state index contributed by atoms with van der Waals surface area (Å²) in [4.78, 5) is 2.85. The van der Waals surface area contributed by atoms with Gasteiger partial charge < -0.3 is 5.32 Å². The lowest BCUT2D eigenvalue weighted by Crippen LogP contribution is -2.14. The third-order valence-corrected chi connectivity index (χ3v) is 5.91. The van der Waals surface area contributed by atoms with Crippen LogP contribution in [-0.2, 0) is 0 Å². The summed E-state index contributed by atoms with van der Waals surface area (Å²) < 4.78 is 1.26. The number of hydrogen-bond acceptors (Lipinski definition) is 2. The molecule has 0 radical (unpaired) electrons. The zero-order chi connectivity index (χ0) is 14.1. The second-order valence-electron chi connectivity index (χ2n) is 5.30. The first-order chi connectivity index (χ1) is 9.19. The lowest BCUT2D eigenvalue weighted by molar-refractivity contribution is 0.501. The molecule has 1 atom stereocenters. The number of aryl methyl sites for hydroxylation is 1. The molecule has 1 heterocycles. The minimum atomic E-state index is 0.533. The highest BCUT2D eigenvalue weighted by Crippen LogP contribution is 2.32. The van der Waals surface area contributed by atoms with Crippen LogP contribution < -0.4 is 5.32 Å². The van der Waals surface area contributed by atoms with Crippen molar-refractivity contribution in [1.82, 2.24) is 5.32 Å². The van der Waals surface area contributed by atoms with E-state index in [2.05, 4.69) is 48.2 Å². The van der Waals surface area contributed by atoms with Crippen LogP contribution in [-0.4, -0.2) is 7.05 Å². The molecule has 0 spiro atoms. The number of halogens is 1. The van der Waals surface area contributed by atoms with Crippen molar-refractivity contribution in [3.63, 3.8) is 0 Å². The Morgan fingerprint density at radius 3 is 2.32 bits per heavy atom. The first-order valence-electron chi connectivity index (χ1n) is 7.62. The van der Waals surface area contributed by atoms with Crippen LogP contribution in [0.2, 0.25) is 0 Å². The Morgan fingerprint density at radius 1 is 1.16 bits per heavy atom. The molecule has 1 aromatic rings. The lowest BCUT2D eigenvalue weighted by Gasteiger charge is -2.14. The van der Waals surface area contributed by atoms with Gasteiger partial charge in [0.2, 0.25) is 0 Å². The molecule has 0 aliphatic rings. The van der Waals surface area contributed by atoms with Crippen LogP contribution in [0.3, 0.4) is 0 Å². The van der Waals surface area contributed by atoms with Gasteiger partial charge in [0.05, 0.1) is 0 Å². The second-order valence-corrected chi connectivity index (χ2v) is 7.45. The Balaban J connectivity index is 2.22. The smallest absolute Gasteiger partial charge is 0.0412 e. The fourth-order valence-electron chi connectivity index (χ4n) is 2.39. The van der Waals surface area contributed by atoms with Gasteiger partial charge in [-0.2, -0.15) is 0 Å². The van der Waals surface area contributed by atoms with Crippen molar-refractivity contribution in [1.29, 1.82) is 0 Å². The third-order valence-electron chi connectivity index (χ3n) is 3.66. The first kappa shape index (κ1) is 17.2. The van der Waals surface area contributed by atoms with E-state index in [-0.39, 0.29) is 0 Å². The average molecular weight is 346 g/mol. The van der Waals surface area contributed by atoms with E-state index in [4.69, 9.17) is 0 Å². The number of hydrogen-bond donors (Lipinski definition) is 1. The van der Waals surface area contributed by atoms with E-state index in [1.807, 2.05) is 11.3 Å². The Labute approximate surface area is 131 Å². The van der Waals surface area contributed by atoms with Gasteiger partial charge in [0, 0.05) is 20.3 Å². The molecule has 19 heavy (non-hydrogen) atoms. The molecule has 1 unspecified atom stereocenters. The van der Waals surface area contributed by atoms with Crippen LogP contribution in [0.15, 0.2) is 10.5 Å². The van der Waals surface area contributed by atoms with Crippen LogP contribution in [0.1, 0.15) is 74.1 Å². The Kier molecular flexibility index (Phi) is 9.01. The SMILES string of the molecule is CCCCCCCCCC(NC)c1cc(Br)c(C)s1. The van der Waals surface area contributed by atoms with E-state index in [1.165, 1.54) is 65.6 Å². The summed E-state index contributed by atoms with van der Waals surface area (Å²) in [5.74, 6) is 0. The maximum atomic E-state index is 3.61. The van der Waals surface area contributed by atoms with E-state index < -0.39 is 0 Å². The fourth-order valence-corrected chi connectivity index (χ4v) is 4.09. The number of nitrogens with one attached hydrogen (secondary N) is 1. The molecule has 110 valence electrons. The minimum Gasteiger partial charge on any atom is -0.312 e. The van der Waals surface area contributed by atoms with Crippen LogP contribution in [0.5, 0.6) is 0 Å². The topological polar surface area (TPSA) is 12.0 Å². The fraction of sp³-hybridized carbons (Fsp3) is 0.750. The van der Waals surface area contributed by atoms with Crippen molar-refractivity contribution in [2.45, 2.75) is 71.3 Å². The van der Waals surface area contributed by atoms with Crippen LogP contribution in [0, 0.1) is 6.92 Å². The summed E-state index contributed by atoms with van der Waals surface area (Å²) in [6, 6.07) is 2.81. The van der Waals surface area contributed by atoms with Gasteiger partial charge in [0.25, 0.3) is 0 Å². The summed E-state index contributed by atoms with van der Waals surface area (Å²) in [5, 5.41) is 3.46. The number of unbranched alkanes of at least 4 members (excludes halogenated alkanes) is 6. The van der Waals surface area contributed by atoms with E-state index in [0.29, 0.717) is 6.04 Å². The van der Waals surface area contributed by atoms with Crippen molar-refractivity contribution >= 4 is 27.3 Å². The van der Waals surface area contributed by atoms with Crippen molar-refractivity contribution in [3.8, 4) is 0 Å². The maximum absolute atomic E-state index is 3.61. The quantitative estimate of drug-likeness (QED) is 0.496. The molecule has 0 fully saturated rings. The highest BCUT2D eigenvalue weighted by atomic mass is 79.9. The molecule has 0 amide bonds. The van der Waals surface area contributed by atoms with Crippen LogP contribution in [0.25, 0.3) is 0 Å². The van der Waals surface area contributed by atoms with Gasteiger partial charge in [-0.3, -0.25) is 0 Å². The highest BCUT2D eigenvalue weighted by Gasteiger charge is 2.12. The van der Waals surface area contributed by atoms with Gasteiger partial charge in [-0.15, -0.1) is 11.3 Å². The molecule has 0 saturated heterocycles. The van der Waals surface area contributed by atoms with E-state index >= 15 is 0 Å². The molecule has 1 rings (SSSR count). The Hall–Kier alpha value is 0.140. The van der Waals surface area contributed by atoms with Crippen LogP contribution in [0.4, 0.5) is 0 Å². The standard InChI is InChI=1S/C16H28BrNS/c1-4-5-6-7-8-9-10-11-15(18-3)16-12-14(17)13(2)19-16/h12,15,18H,4-11H2,1-3H3. The monoisotopic (exact) mass is 345 g/mol. The van der Waals surface area contributed by atoms with Gasteiger partial charge in [0.1, 0.15) is 0 Å². The first-order valence-corrected chi connectivity index (χ1v) is 9.23. The van der Waals surface area contributed by atoms with Crippen molar-refractivity contribution in [2.24, 2.45) is 0 Å². The largest absolute Gasteiger partial charge is 0.312 e. The molecule has 1 N–H and O–H groups in total.